The van der Waals surface area contributed by atoms with Gasteiger partial charge in [0.05, 0.1) is 11.5 Å². The van der Waals surface area contributed by atoms with Crippen LogP contribution in [0.5, 0.6) is 23.0 Å². The first-order valence-electron chi connectivity index (χ1n) is 9.80. The van der Waals surface area contributed by atoms with E-state index in [2.05, 4.69) is 5.32 Å². The number of para-hydroxylation sites is 1. The van der Waals surface area contributed by atoms with Crippen molar-refractivity contribution in [3.63, 3.8) is 0 Å². The number of nitrogens with one attached hydrogen (secondary N) is 1. The van der Waals surface area contributed by atoms with Crippen molar-refractivity contribution in [3.05, 3.63) is 52.1 Å². The third kappa shape index (κ3) is 6.54. The number of nitro groups is 1. The Bertz CT molecular complexity index is 856. The molecule has 9 nitrogen and oxygen atoms in total. The monoisotopic (exact) mass is 418 g/mol. The number of nitrogens with zero attached hydrogens (tertiary/aromatic N) is 1. The summed E-state index contributed by atoms with van der Waals surface area (Å²) >= 11 is 0. The van der Waals surface area contributed by atoms with E-state index in [0.29, 0.717) is 25.6 Å². The number of rotatable bonds is 12. The number of carbonyl (C=O) groups excluding carboxylic acids is 1. The lowest BCUT2D eigenvalue weighted by Gasteiger charge is -2.10. The van der Waals surface area contributed by atoms with E-state index in [9.17, 15) is 30.2 Å². The molecule has 2 aromatic rings. The van der Waals surface area contributed by atoms with E-state index in [1.54, 1.807) is 0 Å². The van der Waals surface area contributed by atoms with Gasteiger partial charge in [-0.25, -0.2) is 0 Å². The first-order chi connectivity index (χ1) is 14.4. The summed E-state index contributed by atoms with van der Waals surface area (Å²) in [6.45, 7) is 0.968. The predicted molar refractivity (Wildman–Crippen MR) is 110 cm³/mol. The highest BCUT2D eigenvalue weighted by Crippen LogP contribution is 2.42. The Morgan fingerprint density at radius 1 is 0.967 bits per heavy atom. The maximum absolute atomic E-state index is 12.1. The fourth-order valence-corrected chi connectivity index (χ4v) is 2.97. The number of amides is 1. The Morgan fingerprint density at radius 2 is 1.60 bits per heavy atom. The SMILES string of the molecule is O=C(NCCCCCCCCOc1ccccc1)c1c(O)cc(O)c([N+](=O)[O-])c1O. The van der Waals surface area contributed by atoms with Gasteiger partial charge in [-0.15, -0.1) is 0 Å². The molecule has 0 aliphatic carbocycles. The van der Waals surface area contributed by atoms with Crippen LogP contribution in [0, 0.1) is 10.1 Å². The predicted octanol–water partition coefficient (Wildman–Crippen LogP) is 3.86. The van der Waals surface area contributed by atoms with Crippen molar-refractivity contribution in [1.29, 1.82) is 0 Å². The summed E-state index contributed by atoms with van der Waals surface area (Å²) in [7, 11) is 0. The number of nitro benzene ring substituents is 1. The molecule has 30 heavy (non-hydrogen) atoms. The first-order valence-corrected chi connectivity index (χ1v) is 9.80. The van der Waals surface area contributed by atoms with Gasteiger partial charge in [0.1, 0.15) is 17.1 Å². The van der Waals surface area contributed by atoms with Gasteiger partial charge in [0.2, 0.25) is 11.5 Å². The highest BCUT2D eigenvalue weighted by Gasteiger charge is 2.29. The number of carbonyl (C=O) groups is 1. The number of phenolic OH excluding ortho intramolecular Hbond substituents is 3. The van der Waals surface area contributed by atoms with E-state index < -0.39 is 39.3 Å². The number of hydrogen-bond acceptors (Lipinski definition) is 7. The van der Waals surface area contributed by atoms with E-state index in [0.717, 1.165) is 37.9 Å². The number of benzene rings is 2. The average molecular weight is 418 g/mol. The molecule has 0 saturated heterocycles. The van der Waals surface area contributed by atoms with Crippen LogP contribution in [0.1, 0.15) is 48.9 Å². The molecule has 2 aromatic carbocycles. The lowest BCUT2D eigenvalue weighted by Crippen LogP contribution is -2.24. The van der Waals surface area contributed by atoms with Crippen molar-refractivity contribution in [2.75, 3.05) is 13.2 Å². The van der Waals surface area contributed by atoms with E-state index in [4.69, 9.17) is 4.74 Å². The minimum Gasteiger partial charge on any atom is -0.507 e. The van der Waals surface area contributed by atoms with E-state index in [-0.39, 0.29) is 0 Å². The Hall–Kier alpha value is -3.49. The molecular formula is C21H26N2O7. The summed E-state index contributed by atoms with van der Waals surface area (Å²) < 4.78 is 5.62. The molecule has 2 rings (SSSR count). The largest absolute Gasteiger partial charge is 0.507 e. The summed E-state index contributed by atoms with van der Waals surface area (Å²) in [5, 5.41) is 42.5. The van der Waals surface area contributed by atoms with Crippen molar-refractivity contribution >= 4 is 11.6 Å². The van der Waals surface area contributed by atoms with E-state index >= 15 is 0 Å². The molecular weight excluding hydrogens is 392 g/mol. The van der Waals surface area contributed by atoms with Gasteiger partial charge in [-0.2, -0.15) is 0 Å². The number of ether oxygens (including phenoxy) is 1. The Morgan fingerprint density at radius 3 is 2.27 bits per heavy atom. The lowest BCUT2D eigenvalue weighted by atomic mass is 10.1. The Kier molecular flexibility index (Phi) is 8.74. The molecule has 4 N–H and O–H groups in total. The molecule has 0 aliphatic rings. The van der Waals surface area contributed by atoms with Gasteiger partial charge in [0.25, 0.3) is 5.91 Å². The fourth-order valence-electron chi connectivity index (χ4n) is 2.97. The first kappa shape index (κ1) is 22.8. The van der Waals surface area contributed by atoms with Crippen LogP contribution in [0.15, 0.2) is 36.4 Å². The minimum atomic E-state index is -1.06. The van der Waals surface area contributed by atoms with Crippen LogP contribution >= 0.6 is 0 Å². The van der Waals surface area contributed by atoms with Gasteiger partial charge in [-0.3, -0.25) is 14.9 Å². The Balaban J connectivity index is 1.62. The van der Waals surface area contributed by atoms with Crippen molar-refractivity contribution in [1.82, 2.24) is 5.32 Å². The van der Waals surface area contributed by atoms with Crippen molar-refractivity contribution in [3.8, 4) is 23.0 Å². The van der Waals surface area contributed by atoms with Gasteiger partial charge >= 0.3 is 5.69 Å². The number of phenols is 3. The molecule has 0 spiro atoms. The molecule has 0 unspecified atom stereocenters. The average Bonchev–Trinajstić information content (AvgIpc) is 2.69. The standard InChI is InChI=1S/C21H26N2O7/c24-16-14-17(25)19(23(28)29)20(26)18(16)21(27)22-12-8-3-1-2-4-9-13-30-15-10-6-5-7-11-15/h5-7,10-11,14,24-26H,1-4,8-9,12-13H2,(H,22,27). The quantitative estimate of drug-likeness (QED) is 0.233. The van der Waals surface area contributed by atoms with Gasteiger partial charge < -0.3 is 25.4 Å². The zero-order valence-corrected chi connectivity index (χ0v) is 16.5. The summed E-state index contributed by atoms with van der Waals surface area (Å²) in [5.41, 5.74) is -1.65. The van der Waals surface area contributed by atoms with Gasteiger partial charge in [-0.1, -0.05) is 43.9 Å². The molecule has 0 saturated carbocycles. The van der Waals surface area contributed by atoms with Gasteiger partial charge in [0.15, 0.2) is 0 Å². The topological polar surface area (TPSA) is 142 Å². The number of hydrogen-bond donors (Lipinski definition) is 4. The second-order valence-corrected chi connectivity index (χ2v) is 6.78. The molecule has 0 aliphatic heterocycles. The highest BCUT2D eigenvalue weighted by atomic mass is 16.6. The highest BCUT2D eigenvalue weighted by molar-refractivity contribution is 6.01. The Labute approximate surface area is 174 Å². The molecule has 0 aromatic heterocycles. The van der Waals surface area contributed by atoms with Crippen LogP contribution in [0.3, 0.4) is 0 Å². The second kappa shape index (κ2) is 11.5. The normalized spacial score (nSPS) is 10.5. The molecule has 1 amide bonds. The molecule has 0 heterocycles. The molecule has 162 valence electrons. The van der Waals surface area contributed by atoms with Crippen LogP contribution in [-0.4, -0.2) is 39.3 Å². The maximum Gasteiger partial charge on any atom is 0.353 e. The second-order valence-electron chi connectivity index (χ2n) is 6.78. The van der Waals surface area contributed by atoms with E-state index in [1.165, 1.54) is 0 Å². The van der Waals surface area contributed by atoms with Crippen LogP contribution in [0.4, 0.5) is 5.69 Å². The third-order valence-corrected chi connectivity index (χ3v) is 4.51. The molecule has 0 radical (unpaired) electrons. The van der Waals surface area contributed by atoms with Gasteiger partial charge in [0, 0.05) is 12.6 Å². The van der Waals surface area contributed by atoms with Crippen LogP contribution in [-0.2, 0) is 0 Å². The zero-order valence-electron chi connectivity index (χ0n) is 16.5. The zero-order chi connectivity index (χ0) is 21.9. The summed E-state index contributed by atoms with van der Waals surface area (Å²) in [5.74, 6) is -2.69. The molecule has 0 bridgehead atoms. The third-order valence-electron chi connectivity index (χ3n) is 4.51. The van der Waals surface area contributed by atoms with Crippen LogP contribution in [0.25, 0.3) is 0 Å². The maximum atomic E-state index is 12.1. The van der Waals surface area contributed by atoms with Gasteiger partial charge in [-0.05, 0) is 25.0 Å². The molecule has 0 fully saturated rings. The van der Waals surface area contributed by atoms with E-state index in [1.807, 2.05) is 30.3 Å². The lowest BCUT2D eigenvalue weighted by molar-refractivity contribution is -0.386. The molecule has 0 atom stereocenters. The van der Waals surface area contributed by atoms with Crippen molar-refractivity contribution < 1.29 is 29.8 Å². The number of aromatic hydroxyl groups is 3. The minimum absolute atomic E-state index is 0.295. The van der Waals surface area contributed by atoms with Crippen LogP contribution in [0.2, 0.25) is 0 Å². The summed E-state index contributed by atoms with van der Waals surface area (Å²) in [6.07, 6.45) is 5.60. The summed E-state index contributed by atoms with van der Waals surface area (Å²) in [4.78, 5) is 22.0. The smallest absolute Gasteiger partial charge is 0.353 e. The van der Waals surface area contributed by atoms with Crippen LogP contribution < -0.4 is 10.1 Å². The van der Waals surface area contributed by atoms with Crippen molar-refractivity contribution in [2.24, 2.45) is 0 Å². The number of unbranched alkanes of at least 4 members (excludes halogenated alkanes) is 5. The molecule has 9 heteroatoms. The van der Waals surface area contributed by atoms with Crippen molar-refractivity contribution in [2.45, 2.75) is 38.5 Å². The fraction of sp³-hybridized carbons (Fsp3) is 0.381. The summed E-state index contributed by atoms with van der Waals surface area (Å²) in [6, 6.07) is 10.3.